The van der Waals surface area contributed by atoms with Crippen LogP contribution in [0.2, 0.25) is 0 Å². The molecule has 0 aliphatic carbocycles. The zero-order valence-corrected chi connectivity index (χ0v) is 21.0. The summed E-state index contributed by atoms with van der Waals surface area (Å²) in [6.45, 7) is -0.666. The number of hydrogen-bond donors (Lipinski definition) is 1. The van der Waals surface area contributed by atoms with E-state index in [-0.39, 0.29) is 18.2 Å². The number of para-hydroxylation sites is 1. The molecule has 0 spiro atoms. The molecule has 3 aromatic carbocycles. The summed E-state index contributed by atoms with van der Waals surface area (Å²) in [6.07, 6.45) is 1.34. The van der Waals surface area contributed by atoms with Crippen molar-refractivity contribution in [1.82, 2.24) is 5.43 Å². The number of hydrazone groups is 1. The van der Waals surface area contributed by atoms with Crippen LogP contribution in [0.25, 0.3) is 0 Å². The number of rotatable bonds is 10. The Kier molecular flexibility index (Phi) is 7.62. The van der Waals surface area contributed by atoms with Crippen LogP contribution in [-0.4, -0.2) is 53.0 Å². The summed E-state index contributed by atoms with van der Waals surface area (Å²) in [7, 11) is -1.91. The number of ether oxygens (including phenoxy) is 4. The molecule has 14 heteroatoms. The molecule has 3 aromatic rings. The lowest BCUT2D eigenvalue weighted by molar-refractivity contribution is -0.387. The molecule has 0 atom stereocenters. The smallest absolute Gasteiger partial charge is 0.289 e. The Morgan fingerprint density at radius 3 is 2.61 bits per heavy atom. The Balaban J connectivity index is 1.66. The molecule has 0 radical (unpaired) electrons. The van der Waals surface area contributed by atoms with Gasteiger partial charge in [-0.25, -0.2) is 13.8 Å². The van der Waals surface area contributed by atoms with Crippen LogP contribution in [0.3, 0.4) is 0 Å². The minimum atomic E-state index is -4.63. The van der Waals surface area contributed by atoms with Gasteiger partial charge in [0.2, 0.25) is 6.79 Å². The fourth-order valence-corrected chi connectivity index (χ4v) is 5.17. The number of hydrogen-bond acceptors (Lipinski definition) is 10. The number of benzene rings is 3. The first-order chi connectivity index (χ1) is 18.2. The molecule has 4 rings (SSSR count). The molecule has 1 heterocycles. The van der Waals surface area contributed by atoms with E-state index in [1.54, 1.807) is 18.2 Å². The summed E-state index contributed by atoms with van der Waals surface area (Å²) in [5, 5.41) is 15.5. The molecule has 0 saturated carbocycles. The number of methoxy groups -OCH3 is 2. The topological polar surface area (TPSA) is 159 Å². The van der Waals surface area contributed by atoms with Gasteiger partial charge in [0.05, 0.1) is 31.0 Å². The Bertz CT molecular complexity index is 1510. The minimum absolute atomic E-state index is 0.0404. The Morgan fingerprint density at radius 2 is 1.87 bits per heavy atom. The maximum atomic E-state index is 13.7. The molecule has 1 amide bonds. The quantitative estimate of drug-likeness (QED) is 0.231. The highest BCUT2D eigenvalue weighted by Crippen LogP contribution is 2.37. The number of fused-ring (bicyclic) bond motifs is 1. The van der Waals surface area contributed by atoms with Gasteiger partial charge in [0.1, 0.15) is 18.0 Å². The van der Waals surface area contributed by atoms with E-state index in [1.165, 1.54) is 50.8 Å². The van der Waals surface area contributed by atoms with Crippen LogP contribution in [0.5, 0.6) is 23.0 Å². The van der Waals surface area contributed by atoms with Gasteiger partial charge in [-0.1, -0.05) is 12.1 Å². The predicted octanol–water partition coefficient (Wildman–Crippen LogP) is 2.69. The first-order valence-corrected chi connectivity index (χ1v) is 12.4. The summed E-state index contributed by atoms with van der Waals surface area (Å²) >= 11 is 0. The molecule has 0 aromatic heterocycles. The Labute approximate surface area is 217 Å². The molecule has 0 unspecified atom stereocenters. The molecule has 1 aliphatic heterocycles. The minimum Gasteiger partial charge on any atom is -0.497 e. The van der Waals surface area contributed by atoms with Crippen LogP contribution >= 0.6 is 0 Å². The number of nitro groups is 1. The monoisotopic (exact) mass is 542 g/mol. The standard InChI is InChI=1S/C24H22N4O9S/c1-34-17-8-9-18(21(12-17)35-2)27(38(32,33)23-6-4-3-5-19(23)28(30)31)14-24(29)26-25-13-16-7-10-20-22(11-16)37-15-36-20/h3-13H,14-15H2,1-2H3,(H,26,29)/b25-13-. The van der Waals surface area contributed by atoms with Crippen molar-refractivity contribution >= 4 is 33.5 Å². The van der Waals surface area contributed by atoms with Gasteiger partial charge in [-0.15, -0.1) is 0 Å². The molecule has 0 fully saturated rings. The molecule has 1 aliphatic rings. The van der Waals surface area contributed by atoms with E-state index >= 15 is 0 Å². The van der Waals surface area contributed by atoms with Gasteiger partial charge in [-0.3, -0.25) is 19.2 Å². The van der Waals surface area contributed by atoms with Crippen molar-refractivity contribution in [1.29, 1.82) is 0 Å². The maximum Gasteiger partial charge on any atom is 0.289 e. The highest BCUT2D eigenvalue weighted by Gasteiger charge is 2.34. The van der Waals surface area contributed by atoms with E-state index in [0.29, 0.717) is 27.1 Å². The van der Waals surface area contributed by atoms with Crippen molar-refractivity contribution in [2.45, 2.75) is 4.90 Å². The van der Waals surface area contributed by atoms with Crippen LogP contribution in [-0.2, 0) is 14.8 Å². The normalized spacial score (nSPS) is 12.3. The second-order valence-corrected chi connectivity index (χ2v) is 9.51. The van der Waals surface area contributed by atoms with Crippen LogP contribution < -0.4 is 28.7 Å². The van der Waals surface area contributed by atoms with Crippen LogP contribution in [0, 0.1) is 10.1 Å². The van der Waals surface area contributed by atoms with E-state index in [0.717, 1.165) is 12.1 Å². The molecule has 0 saturated heterocycles. The number of carbonyl (C=O) groups is 1. The van der Waals surface area contributed by atoms with Crippen LogP contribution in [0.1, 0.15) is 5.56 Å². The zero-order chi connectivity index (χ0) is 27.3. The molecule has 13 nitrogen and oxygen atoms in total. The van der Waals surface area contributed by atoms with E-state index in [2.05, 4.69) is 10.5 Å². The van der Waals surface area contributed by atoms with Gasteiger partial charge in [-0.2, -0.15) is 5.10 Å². The number of nitrogens with one attached hydrogen (secondary N) is 1. The summed E-state index contributed by atoms with van der Waals surface area (Å²) < 4.78 is 49.2. The summed E-state index contributed by atoms with van der Waals surface area (Å²) in [5.41, 5.74) is 2.18. The van der Waals surface area contributed by atoms with Crippen LogP contribution in [0.4, 0.5) is 11.4 Å². The Morgan fingerprint density at radius 1 is 1.11 bits per heavy atom. The molecular weight excluding hydrogens is 520 g/mol. The van der Waals surface area contributed by atoms with Crippen molar-refractivity contribution in [2.75, 3.05) is 31.9 Å². The van der Waals surface area contributed by atoms with E-state index in [9.17, 15) is 23.3 Å². The predicted molar refractivity (Wildman–Crippen MR) is 135 cm³/mol. The van der Waals surface area contributed by atoms with Gasteiger partial charge < -0.3 is 18.9 Å². The lowest BCUT2D eigenvalue weighted by Gasteiger charge is -2.25. The first kappa shape index (κ1) is 26.2. The molecule has 0 bridgehead atoms. The second kappa shape index (κ2) is 11.0. The number of nitrogens with zero attached hydrogens (tertiary/aromatic N) is 3. The van der Waals surface area contributed by atoms with Crippen molar-refractivity contribution in [3.63, 3.8) is 0 Å². The fraction of sp³-hybridized carbons (Fsp3) is 0.167. The number of carbonyl (C=O) groups excluding carboxylic acids is 1. The van der Waals surface area contributed by atoms with Crippen molar-refractivity contribution in [2.24, 2.45) is 5.10 Å². The summed E-state index contributed by atoms with van der Waals surface area (Å²) in [4.78, 5) is 23.0. The SMILES string of the molecule is COc1ccc(N(CC(=O)N/N=C\c2ccc3c(c2)OCO3)S(=O)(=O)c2ccccc2[N+](=O)[O-])c(OC)c1. The lowest BCUT2D eigenvalue weighted by Crippen LogP contribution is -2.40. The number of sulfonamides is 1. The number of anilines is 1. The molecule has 38 heavy (non-hydrogen) atoms. The largest absolute Gasteiger partial charge is 0.497 e. The van der Waals surface area contributed by atoms with E-state index in [1.807, 2.05) is 0 Å². The third-order valence-corrected chi connectivity index (χ3v) is 7.18. The van der Waals surface area contributed by atoms with Crippen molar-refractivity contribution < 1.29 is 37.1 Å². The van der Waals surface area contributed by atoms with E-state index < -0.39 is 38.0 Å². The number of amides is 1. The van der Waals surface area contributed by atoms with Crippen molar-refractivity contribution in [3.8, 4) is 23.0 Å². The van der Waals surface area contributed by atoms with Crippen molar-refractivity contribution in [3.05, 3.63) is 76.3 Å². The van der Waals surface area contributed by atoms with Gasteiger partial charge in [0.25, 0.3) is 21.6 Å². The Hall–Kier alpha value is -4.85. The second-order valence-electron chi connectivity index (χ2n) is 7.68. The van der Waals surface area contributed by atoms with E-state index in [4.69, 9.17) is 18.9 Å². The summed E-state index contributed by atoms with van der Waals surface area (Å²) in [6, 6.07) is 14.1. The first-order valence-electron chi connectivity index (χ1n) is 10.9. The fourth-order valence-electron chi connectivity index (χ4n) is 3.57. The highest BCUT2D eigenvalue weighted by atomic mass is 32.2. The number of nitro benzene ring substituents is 1. The highest BCUT2D eigenvalue weighted by molar-refractivity contribution is 7.93. The zero-order valence-electron chi connectivity index (χ0n) is 20.2. The summed E-state index contributed by atoms with van der Waals surface area (Å²) in [5.74, 6) is 0.709. The van der Waals surface area contributed by atoms with Gasteiger partial charge >= 0.3 is 0 Å². The van der Waals surface area contributed by atoms with Gasteiger partial charge in [-0.05, 0) is 42.0 Å². The average molecular weight is 543 g/mol. The molecular formula is C24H22N4O9S. The lowest BCUT2D eigenvalue weighted by atomic mass is 10.2. The average Bonchev–Trinajstić information content (AvgIpc) is 3.39. The molecule has 1 N–H and O–H groups in total. The third-order valence-electron chi connectivity index (χ3n) is 5.37. The van der Waals surface area contributed by atoms with Gasteiger partial charge in [0, 0.05) is 12.1 Å². The van der Waals surface area contributed by atoms with Gasteiger partial charge in [0.15, 0.2) is 16.4 Å². The maximum absolute atomic E-state index is 13.7. The van der Waals surface area contributed by atoms with Crippen LogP contribution in [0.15, 0.2) is 70.7 Å². The third kappa shape index (κ3) is 5.44. The molecule has 198 valence electrons.